The summed E-state index contributed by atoms with van der Waals surface area (Å²) in [5.41, 5.74) is 2.68. The number of nitrogens with zero attached hydrogens (tertiary/aromatic N) is 2. The summed E-state index contributed by atoms with van der Waals surface area (Å²) in [7, 11) is 0. The Kier molecular flexibility index (Phi) is 19.2. The minimum absolute atomic E-state index is 0.00297. The van der Waals surface area contributed by atoms with E-state index in [1.54, 1.807) is 19.1 Å². The Labute approximate surface area is 368 Å². The van der Waals surface area contributed by atoms with Crippen molar-refractivity contribution in [3.63, 3.8) is 0 Å². The van der Waals surface area contributed by atoms with Gasteiger partial charge < -0.3 is 19.1 Å². The van der Waals surface area contributed by atoms with Crippen molar-refractivity contribution in [2.24, 2.45) is 4.99 Å². The van der Waals surface area contributed by atoms with Gasteiger partial charge in [0.2, 0.25) is 0 Å². The molecule has 0 saturated carbocycles. The number of carbonyl (C=O) groups excluding carboxylic acids is 3. The van der Waals surface area contributed by atoms with Crippen LogP contribution in [0.3, 0.4) is 0 Å². The highest BCUT2D eigenvalue weighted by Gasteiger charge is 2.36. The molecule has 0 saturated heterocycles. The number of benzene rings is 3. The monoisotopic (exact) mass is 880 g/mol. The summed E-state index contributed by atoms with van der Waals surface area (Å²) in [6.07, 6.45) is 10.7. The first kappa shape index (κ1) is 50.4. The predicted molar refractivity (Wildman–Crippen MR) is 240 cm³/mol. The molecule has 1 unspecified atom stereocenters. The van der Waals surface area contributed by atoms with E-state index in [-0.39, 0.29) is 59.6 Å². The number of thioether (sulfide) groups is 1. The zero-order valence-electron chi connectivity index (χ0n) is 36.3. The van der Waals surface area contributed by atoms with Gasteiger partial charge in [-0.15, -0.1) is 18.2 Å². The van der Waals surface area contributed by atoms with E-state index < -0.39 is 55.2 Å². The molecule has 1 heterocycles. The van der Waals surface area contributed by atoms with Crippen molar-refractivity contribution in [2.75, 3.05) is 26.1 Å². The summed E-state index contributed by atoms with van der Waals surface area (Å²) in [6.45, 7) is 16.2. The average molecular weight is 881 g/mol. The maximum atomic E-state index is 15.0. The van der Waals surface area contributed by atoms with Gasteiger partial charge in [0, 0.05) is 43.2 Å². The van der Waals surface area contributed by atoms with Crippen LogP contribution in [-0.2, 0) is 21.5 Å². The number of carbonyl (C=O) groups is 3. The van der Waals surface area contributed by atoms with Crippen LogP contribution in [0.15, 0.2) is 77.3 Å². The molecule has 3 aromatic rings. The van der Waals surface area contributed by atoms with Gasteiger partial charge in [-0.1, -0.05) is 76.9 Å². The first-order valence-corrected chi connectivity index (χ1v) is 21.8. The minimum Gasteiger partial charge on any atom is -0.490 e. The molecule has 61 heavy (non-hydrogen) atoms. The smallest absolute Gasteiger partial charge is 0.255 e. The summed E-state index contributed by atoms with van der Waals surface area (Å²) in [5.74, 6) is -1.98. The van der Waals surface area contributed by atoms with Crippen LogP contribution < -0.4 is 14.2 Å². The highest BCUT2D eigenvalue weighted by Crippen LogP contribution is 2.39. The number of rotatable bonds is 22. The van der Waals surface area contributed by atoms with Crippen LogP contribution in [0.1, 0.15) is 113 Å². The van der Waals surface area contributed by atoms with Gasteiger partial charge in [-0.2, -0.15) is 0 Å². The number of Topliss-reactive ketones (excluding diaryl/α,β-unsaturated/α-hetero) is 2. The van der Waals surface area contributed by atoms with Gasteiger partial charge in [-0.05, 0) is 85.7 Å². The quantitative estimate of drug-likeness (QED) is 0.0733. The van der Waals surface area contributed by atoms with E-state index in [2.05, 4.69) is 17.5 Å². The number of aliphatic imine (C=N–C) groups is 1. The van der Waals surface area contributed by atoms with E-state index in [1.165, 1.54) is 29.7 Å². The summed E-state index contributed by atoms with van der Waals surface area (Å²) in [5, 5.41) is 0.855. The number of amides is 1. The van der Waals surface area contributed by atoms with Gasteiger partial charge >= 0.3 is 0 Å². The maximum Gasteiger partial charge on any atom is 0.255 e. The molecule has 0 fully saturated rings. The second kappa shape index (κ2) is 23.3. The number of alkyl halides is 2. The van der Waals surface area contributed by atoms with Crippen LogP contribution in [0.2, 0.25) is 5.02 Å². The van der Waals surface area contributed by atoms with Gasteiger partial charge in [0.25, 0.3) is 11.8 Å². The fraction of sp³-hybridized carbons (Fsp3) is 0.417. The van der Waals surface area contributed by atoms with E-state index in [4.69, 9.17) is 32.2 Å². The zero-order chi connectivity index (χ0) is 45.5. The molecule has 328 valence electrons. The summed E-state index contributed by atoms with van der Waals surface area (Å²) < 4.78 is 62.2. The van der Waals surface area contributed by atoms with Gasteiger partial charge in [0.05, 0.1) is 40.6 Å². The Hall–Kier alpha value is -4.99. The summed E-state index contributed by atoms with van der Waals surface area (Å²) in [6, 6.07) is 12.5. The first-order chi connectivity index (χ1) is 28.9. The lowest BCUT2D eigenvalue weighted by Gasteiger charge is -2.27. The largest absolute Gasteiger partial charge is 0.490 e. The lowest BCUT2D eigenvalue weighted by atomic mass is 9.77. The Balaban J connectivity index is 0.00000489. The molecule has 1 atom stereocenters. The standard InChI is InChI=1S/C46H50ClF3N2O6S.C2H6/c1-9-12-35(51-30(5)59-8)28-58-37-16-13-33(14-17-37)45(6,7)34-23-31(10-2)43(39(47)25-34)57-22-20-46(49,50)19-21-56-42-24-32-27-52(44(55)38(32)26-40(42)48)41(29(4)53)18-15-36(54)11-3;1-2/h2,9,12-14,16-17,23-26,41H,5,11,15,18-22,27-28H2,1,3-4,6-8H3;1-2H3/b12-9-,51-35+;. The van der Waals surface area contributed by atoms with Crippen LogP contribution in [0.25, 0.3) is 0 Å². The first-order valence-electron chi connectivity index (χ1n) is 20.2. The maximum absolute atomic E-state index is 15.0. The number of hydrogen-bond acceptors (Lipinski definition) is 8. The molecule has 13 heteroatoms. The van der Waals surface area contributed by atoms with Crippen LogP contribution in [-0.4, -0.2) is 66.1 Å². The third-order valence-electron chi connectivity index (χ3n) is 10.1. The number of allylic oxidation sites excluding steroid dienone is 1. The van der Waals surface area contributed by atoms with E-state index in [0.717, 1.165) is 22.9 Å². The van der Waals surface area contributed by atoms with Crippen LogP contribution >= 0.6 is 23.4 Å². The Morgan fingerprint density at radius 1 is 1.07 bits per heavy atom. The van der Waals surface area contributed by atoms with Crippen LogP contribution in [0.5, 0.6) is 17.2 Å². The highest BCUT2D eigenvalue weighted by molar-refractivity contribution is 8.02. The van der Waals surface area contributed by atoms with E-state index in [0.29, 0.717) is 28.3 Å². The van der Waals surface area contributed by atoms with Gasteiger partial charge in [0.1, 0.15) is 18.1 Å². The molecule has 0 radical (unpaired) electrons. The third-order valence-corrected chi connectivity index (χ3v) is 11.0. The number of halogens is 4. The molecule has 8 nitrogen and oxygen atoms in total. The normalized spacial score (nSPS) is 13.3. The Morgan fingerprint density at radius 3 is 2.31 bits per heavy atom. The number of hydrogen-bond donors (Lipinski definition) is 0. The van der Waals surface area contributed by atoms with Gasteiger partial charge in [-0.25, -0.2) is 18.2 Å². The summed E-state index contributed by atoms with van der Waals surface area (Å²) in [4.78, 5) is 43.1. The van der Waals surface area contributed by atoms with E-state index in [1.807, 2.05) is 77.3 Å². The number of fused-ring (bicyclic) bond motifs is 1. The van der Waals surface area contributed by atoms with Gasteiger partial charge in [-0.3, -0.25) is 14.4 Å². The zero-order valence-corrected chi connectivity index (χ0v) is 37.8. The topological polar surface area (TPSA) is 94.5 Å². The second-order valence-corrected chi connectivity index (χ2v) is 15.9. The fourth-order valence-electron chi connectivity index (χ4n) is 6.50. The molecule has 3 aromatic carbocycles. The molecule has 1 amide bonds. The van der Waals surface area contributed by atoms with Crippen molar-refractivity contribution >= 4 is 46.5 Å². The van der Waals surface area contributed by atoms with Crippen molar-refractivity contribution in [1.29, 1.82) is 0 Å². The van der Waals surface area contributed by atoms with Crippen molar-refractivity contribution in [1.82, 2.24) is 4.90 Å². The van der Waals surface area contributed by atoms with E-state index in [9.17, 15) is 18.8 Å². The van der Waals surface area contributed by atoms with Crippen molar-refractivity contribution in [3.05, 3.63) is 111 Å². The lowest BCUT2D eigenvalue weighted by molar-refractivity contribution is -0.122. The van der Waals surface area contributed by atoms with E-state index >= 15 is 8.78 Å². The Morgan fingerprint density at radius 2 is 1.72 bits per heavy atom. The molecule has 0 aliphatic carbocycles. The minimum atomic E-state index is -3.25. The van der Waals surface area contributed by atoms with Crippen LogP contribution in [0, 0.1) is 18.2 Å². The molecule has 0 bridgehead atoms. The predicted octanol–water partition coefficient (Wildman–Crippen LogP) is 11.6. The molecular formula is C48H56ClF3N2O6S. The van der Waals surface area contributed by atoms with Crippen molar-refractivity contribution in [3.8, 4) is 29.6 Å². The molecule has 1 aliphatic heterocycles. The number of terminal acetylenes is 1. The molecule has 1 aliphatic rings. The Bertz CT molecular complexity index is 2150. The van der Waals surface area contributed by atoms with Crippen molar-refractivity contribution in [2.45, 2.75) is 104 Å². The molecule has 0 N–H and O–H groups in total. The molecule has 0 spiro atoms. The molecular weight excluding hydrogens is 825 g/mol. The number of ether oxygens (including phenoxy) is 3. The second-order valence-electron chi connectivity index (χ2n) is 14.6. The third kappa shape index (κ3) is 13.8. The highest BCUT2D eigenvalue weighted by atomic mass is 35.5. The molecule has 4 rings (SSSR count). The lowest BCUT2D eigenvalue weighted by Crippen LogP contribution is -2.40. The average Bonchev–Trinajstić information content (AvgIpc) is 3.54. The van der Waals surface area contributed by atoms with Crippen LogP contribution in [0.4, 0.5) is 13.2 Å². The van der Waals surface area contributed by atoms with Gasteiger partial charge in [0.15, 0.2) is 23.1 Å². The number of ketones is 2. The summed E-state index contributed by atoms with van der Waals surface area (Å²) >= 11 is 8.11. The fourth-order valence-corrected chi connectivity index (χ4v) is 6.99. The van der Waals surface area contributed by atoms with Crippen molar-refractivity contribution < 1.29 is 41.8 Å². The SMILES string of the molecule is C#Cc1cc(C(C)(C)c2ccc(OCC(/C=C\C)=N/C(=C)SC)cc2)cc(Cl)c1OCCC(F)(F)CCOc1cc2c(cc1F)C(=O)N(C(CCC(=O)CC)C(C)=O)C2.CC. The molecule has 0 aromatic heterocycles.